The molecule has 2 N–H and O–H groups in total. The van der Waals surface area contributed by atoms with E-state index in [0.717, 1.165) is 25.1 Å². The first-order valence-corrected chi connectivity index (χ1v) is 5.57. The first kappa shape index (κ1) is 11.1. The summed E-state index contributed by atoms with van der Waals surface area (Å²) in [5, 5.41) is 12.3. The lowest BCUT2D eigenvalue weighted by atomic mass is 9.83. The van der Waals surface area contributed by atoms with E-state index in [0.29, 0.717) is 11.8 Å². The zero-order chi connectivity index (χ0) is 11.5. The van der Waals surface area contributed by atoms with E-state index >= 15 is 0 Å². The summed E-state index contributed by atoms with van der Waals surface area (Å²) in [6.45, 7) is 4.17. The van der Waals surface area contributed by atoms with Gasteiger partial charge in [0.05, 0.1) is 5.56 Å². The number of piperidine rings is 1. The standard InChI is InChI=1S/C12H16N2O2/c1-8-5-13-3-2-11(8)9-4-10(12(15)16)7-14-6-9/h4,6-8,11,13H,2-3,5H2,1H3,(H,15,16)/t8-,11+/m1/s1. The summed E-state index contributed by atoms with van der Waals surface area (Å²) >= 11 is 0. The lowest BCUT2D eigenvalue weighted by Crippen LogP contribution is -2.33. The molecule has 16 heavy (non-hydrogen) atoms. The third-order valence-corrected chi connectivity index (χ3v) is 3.22. The number of aromatic carboxylic acids is 1. The van der Waals surface area contributed by atoms with Gasteiger partial charge < -0.3 is 10.4 Å². The minimum absolute atomic E-state index is 0.281. The molecule has 0 aliphatic carbocycles. The molecule has 2 atom stereocenters. The Kier molecular flexibility index (Phi) is 3.19. The number of rotatable bonds is 2. The Balaban J connectivity index is 2.25. The molecule has 2 rings (SSSR count). The van der Waals surface area contributed by atoms with Gasteiger partial charge in [-0.2, -0.15) is 0 Å². The van der Waals surface area contributed by atoms with Crippen LogP contribution in [0.1, 0.15) is 35.2 Å². The largest absolute Gasteiger partial charge is 0.478 e. The van der Waals surface area contributed by atoms with Crippen LogP contribution in [0.3, 0.4) is 0 Å². The van der Waals surface area contributed by atoms with Gasteiger partial charge in [0.2, 0.25) is 0 Å². The lowest BCUT2D eigenvalue weighted by Gasteiger charge is -2.29. The van der Waals surface area contributed by atoms with Crippen LogP contribution in [0.4, 0.5) is 0 Å². The van der Waals surface area contributed by atoms with Gasteiger partial charge in [-0.25, -0.2) is 4.79 Å². The summed E-state index contributed by atoms with van der Waals surface area (Å²) < 4.78 is 0. The van der Waals surface area contributed by atoms with Crippen molar-refractivity contribution in [2.45, 2.75) is 19.3 Å². The second-order valence-corrected chi connectivity index (χ2v) is 4.39. The fourth-order valence-corrected chi connectivity index (χ4v) is 2.29. The quantitative estimate of drug-likeness (QED) is 0.792. The molecule has 1 saturated heterocycles. The zero-order valence-electron chi connectivity index (χ0n) is 9.31. The Morgan fingerprint density at radius 3 is 3.06 bits per heavy atom. The van der Waals surface area contributed by atoms with Crippen molar-refractivity contribution in [3.63, 3.8) is 0 Å². The molecule has 0 unspecified atom stereocenters. The molecular weight excluding hydrogens is 204 g/mol. The number of pyridine rings is 1. The highest BCUT2D eigenvalue weighted by molar-refractivity contribution is 5.87. The maximum atomic E-state index is 10.9. The third kappa shape index (κ3) is 2.22. The van der Waals surface area contributed by atoms with Crippen LogP contribution in [-0.4, -0.2) is 29.1 Å². The van der Waals surface area contributed by atoms with E-state index in [1.807, 2.05) is 0 Å². The van der Waals surface area contributed by atoms with Crippen molar-refractivity contribution < 1.29 is 9.90 Å². The number of carbonyl (C=O) groups is 1. The molecule has 1 aromatic rings. The van der Waals surface area contributed by atoms with E-state index < -0.39 is 5.97 Å². The Hall–Kier alpha value is -1.42. The number of aromatic nitrogens is 1. The van der Waals surface area contributed by atoms with Gasteiger partial charge in [-0.05, 0) is 43.0 Å². The van der Waals surface area contributed by atoms with Crippen molar-refractivity contribution in [3.05, 3.63) is 29.6 Å². The van der Waals surface area contributed by atoms with Crippen molar-refractivity contribution in [1.82, 2.24) is 10.3 Å². The number of carboxylic acids is 1. The molecule has 1 aliphatic heterocycles. The summed E-state index contributed by atoms with van der Waals surface area (Å²) in [5.74, 6) is 0.0450. The molecule has 1 aromatic heterocycles. The monoisotopic (exact) mass is 220 g/mol. The van der Waals surface area contributed by atoms with Gasteiger partial charge in [-0.1, -0.05) is 6.92 Å². The van der Waals surface area contributed by atoms with Crippen molar-refractivity contribution in [1.29, 1.82) is 0 Å². The topological polar surface area (TPSA) is 62.2 Å². The zero-order valence-corrected chi connectivity index (χ0v) is 9.31. The van der Waals surface area contributed by atoms with Crippen molar-refractivity contribution in [3.8, 4) is 0 Å². The highest BCUT2D eigenvalue weighted by atomic mass is 16.4. The van der Waals surface area contributed by atoms with Crippen LogP contribution in [0.25, 0.3) is 0 Å². The molecular formula is C12H16N2O2. The second-order valence-electron chi connectivity index (χ2n) is 4.39. The van der Waals surface area contributed by atoms with Crippen molar-refractivity contribution >= 4 is 5.97 Å². The number of hydrogen-bond donors (Lipinski definition) is 2. The summed E-state index contributed by atoms with van der Waals surface area (Å²) in [6, 6.07) is 1.75. The fraction of sp³-hybridized carbons (Fsp3) is 0.500. The second kappa shape index (κ2) is 4.61. The van der Waals surface area contributed by atoms with Gasteiger partial charge in [-0.15, -0.1) is 0 Å². The Morgan fingerprint density at radius 1 is 1.56 bits per heavy atom. The van der Waals surface area contributed by atoms with Gasteiger partial charge in [0.25, 0.3) is 0 Å². The van der Waals surface area contributed by atoms with Gasteiger partial charge in [0.1, 0.15) is 0 Å². The first-order valence-electron chi connectivity index (χ1n) is 5.57. The van der Waals surface area contributed by atoms with Gasteiger partial charge in [-0.3, -0.25) is 4.98 Å². The molecule has 0 saturated carbocycles. The molecule has 0 amide bonds. The maximum Gasteiger partial charge on any atom is 0.337 e. The van der Waals surface area contributed by atoms with Crippen LogP contribution < -0.4 is 5.32 Å². The molecule has 0 aromatic carbocycles. The fourth-order valence-electron chi connectivity index (χ4n) is 2.29. The molecule has 1 fully saturated rings. The number of nitrogens with one attached hydrogen (secondary N) is 1. The van der Waals surface area contributed by atoms with Gasteiger partial charge in [0, 0.05) is 12.4 Å². The normalized spacial score (nSPS) is 25.3. The highest BCUT2D eigenvalue weighted by Gasteiger charge is 2.23. The number of hydrogen-bond acceptors (Lipinski definition) is 3. The van der Waals surface area contributed by atoms with E-state index in [-0.39, 0.29) is 5.56 Å². The summed E-state index contributed by atoms with van der Waals surface area (Å²) in [7, 11) is 0. The molecule has 0 radical (unpaired) electrons. The number of carboxylic acid groups (broad SMARTS) is 1. The molecule has 0 spiro atoms. The van der Waals surface area contributed by atoms with Crippen LogP contribution in [0, 0.1) is 5.92 Å². The average Bonchev–Trinajstić information content (AvgIpc) is 2.30. The summed E-state index contributed by atoms with van der Waals surface area (Å²) in [5.41, 5.74) is 1.33. The third-order valence-electron chi connectivity index (χ3n) is 3.22. The maximum absolute atomic E-state index is 10.9. The average molecular weight is 220 g/mol. The smallest absolute Gasteiger partial charge is 0.337 e. The van der Waals surface area contributed by atoms with Crippen molar-refractivity contribution in [2.75, 3.05) is 13.1 Å². The van der Waals surface area contributed by atoms with Crippen molar-refractivity contribution in [2.24, 2.45) is 5.92 Å². The summed E-state index contributed by atoms with van der Waals surface area (Å²) in [6.07, 6.45) is 4.24. The number of nitrogens with zero attached hydrogens (tertiary/aromatic N) is 1. The van der Waals surface area contributed by atoms with Crippen LogP contribution in [-0.2, 0) is 0 Å². The van der Waals surface area contributed by atoms with Gasteiger partial charge in [0.15, 0.2) is 0 Å². The van der Waals surface area contributed by atoms with Crippen LogP contribution >= 0.6 is 0 Å². The molecule has 4 nitrogen and oxygen atoms in total. The van der Waals surface area contributed by atoms with E-state index in [9.17, 15) is 4.79 Å². The lowest BCUT2D eigenvalue weighted by molar-refractivity contribution is 0.0696. The molecule has 86 valence electrons. The Labute approximate surface area is 94.7 Å². The minimum Gasteiger partial charge on any atom is -0.478 e. The SMILES string of the molecule is C[C@@H]1CNCC[C@@H]1c1cncc(C(=O)O)c1. The molecule has 2 heterocycles. The van der Waals surface area contributed by atoms with Crippen LogP contribution in [0.2, 0.25) is 0 Å². The Bertz CT molecular complexity index is 392. The Morgan fingerprint density at radius 2 is 2.38 bits per heavy atom. The van der Waals surface area contributed by atoms with Crippen LogP contribution in [0.5, 0.6) is 0 Å². The van der Waals surface area contributed by atoms with Crippen LogP contribution in [0.15, 0.2) is 18.5 Å². The molecule has 0 bridgehead atoms. The van der Waals surface area contributed by atoms with E-state index in [2.05, 4.69) is 17.2 Å². The predicted molar refractivity (Wildman–Crippen MR) is 60.6 cm³/mol. The van der Waals surface area contributed by atoms with Gasteiger partial charge >= 0.3 is 5.97 Å². The molecule has 1 aliphatic rings. The summed E-state index contributed by atoms with van der Waals surface area (Å²) in [4.78, 5) is 14.9. The highest BCUT2D eigenvalue weighted by Crippen LogP contribution is 2.29. The predicted octanol–water partition coefficient (Wildman–Crippen LogP) is 1.49. The van der Waals surface area contributed by atoms with E-state index in [1.165, 1.54) is 6.20 Å². The minimum atomic E-state index is -0.907. The first-order chi connectivity index (χ1) is 7.68. The molecule has 4 heteroatoms. The van der Waals surface area contributed by atoms with E-state index in [1.54, 1.807) is 12.3 Å². The van der Waals surface area contributed by atoms with E-state index in [4.69, 9.17) is 5.11 Å².